The molecule has 1 saturated heterocycles. The van der Waals surface area contributed by atoms with Crippen LogP contribution in [-0.4, -0.2) is 41.4 Å². The van der Waals surface area contributed by atoms with Crippen molar-refractivity contribution in [3.63, 3.8) is 0 Å². The number of nitrogens with zero attached hydrogens (tertiary/aromatic N) is 3. The Morgan fingerprint density at radius 3 is 2.95 bits per heavy atom. The van der Waals surface area contributed by atoms with Gasteiger partial charge in [-0.1, -0.05) is 12.8 Å². The summed E-state index contributed by atoms with van der Waals surface area (Å²) in [5.41, 5.74) is 5.96. The van der Waals surface area contributed by atoms with Gasteiger partial charge in [0.15, 0.2) is 0 Å². The summed E-state index contributed by atoms with van der Waals surface area (Å²) in [6.45, 7) is 4.51. The maximum atomic E-state index is 5.96. The summed E-state index contributed by atoms with van der Waals surface area (Å²) >= 11 is 0. The summed E-state index contributed by atoms with van der Waals surface area (Å²) in [7, 11) is 0. The Morgan fingerprint density at radius 1 is 1.42 bits per heavy atom. The van der Waals surface area contributed by atoms with Crippen molar-refractivity contribution >= 4 is 5.95 Å². The zero-order chi connectivity index (χ0) is 13.2. The third-order valence-corrected chi connectivity index (χ3v) is 4.33. The third-order valence-electron chi connectivity index (χ3n) is 4.33. The van der Waals surface area contributed by atoms with Gasteiger partial charge >= 0.3 is 0 Å². The van der Waals surface area contributed by atoms with E-state index >= 15 is 0 Å². The zero-order valence-corrected chi connectivity index (χ0v) is 11.7. The van der Waals surface area contributed by atoms with Gasteiger partial charge in [0.25, 0.3) is 0 Å². The number of hydrogen-bond donors (Lipinski definition) is 1. The molecule has 2 fully saturated rings. The molecule has 1 aliphatic carbocycles. The van der Waals surface area contributed by atoms with Crippen molar-refractivity contribution < 1.29 is 4.74 Å². The van der Waals surface area contributed by atoms with Gasteiger partial charge in [-0.25, -0.2) is 4.98 Å². The van der Waals surface area contributed by atoms with E-state index in [1.54, 1.807) is 0 Å². The minimum absolute atomic E-state index is 0.0673. The topological polar surface area (TPSA) is 56.3 Å². The SMILES string of the molecule is CC(N)C1CN(c2nccn2C2CCCC2)CCO1. The molecule has 0 amide bonds. The quantitative estimate of drug-likeness (QED) is 0.900. The van der Waals surface area contributed by atoms with E-state index in [0.29, 0.717) is 6.04 Å². The highest BCUT2D eigenvalue weighted by Crippen LogP contribution is 2.32. The van der Waals surface area contributed by atoms with Gasteiger partial charge < -0.3 is 19.9 Å². The summed E-state index contributed by atoms with van der Waals surface area (Å²) in [5, 5.41) is 0. The molecular formula is C14H24N4O. The molecular weight excluding hydrogens is 240 g/mol. The summed E-state index contributed by atoms with van der Waals surface area (Å²) in [6, 6.07) is 0.701. The third kappa shape index (κ3) is 2.62. The molecule has 3 rings (SSSR count). The average Bonchev–Trinajstić information content (AvgIpc) is 3.09. The number of aromatic nitrogens is 2. The van der Waals surface area contributed by atoms with Crippen molar-refractivity contribution in [2.24, 2.45) is 5.73 Å². The van der Waals surface area contributed by atoms with Crippen LogP contribution in [0.25, 0.3) is 0 Å². The van der Waals surface area contributed by atoms with Crippen molar-refractivity contribution in [2.75, 3.05) is 24.6 Å². The normalized spacial score (nSPS) is 26.8. The van der Waals surface area contributed by atoms with Crippen LogP contribution in [0.2, 0.25) is 0 Å². The van der Waals surface area contributed by atoms with Crippen LogP contribution in [0.4, 0.5) is 5.95 Å². The van der Waals surface area contributed by atoms with Crippen molar-refractivity contribution in [3.05, 3.63) is 12.4 Å². The monoisotopic (exact) mass is 264 g/mol. The van der Waals surface area contributed by atoms with Gasteiger partial charge in [-0.2, -0.15) is 0 Å². The Hall–Kier alpha value is -1.07. The van der Waals surface area contributed by atoms with Gasteiger partial charge in [0.2, 0.25) is 5.95 Å². The van der Waals surface area contributed by atoms with Gasteiger partial charge in [-0.05, 0) is 19.8 Å². The van der Waals surface area contributed by atoms with Gasteiger partial charge in [0.1, 0.15) is 0 Å². The lowest BCUT2D eigenvalue weighted by Gasteiger charge is -2.36. The number of imidazole rings is 1. The predicted molar refractivity (Wildman–Crippen MR) is 75.3 cm³/mol. The van der Waals surface area contributed by atoms with Crippen LogP contribution in [0, 0.1) is 0 Å². The second kappa shape index (κ2) is 5.51. The molecule has 5 nitrogen and oxygen atoms in total. The minimum atomic E-state index is 0.0673. The lowest BCUT2D eigenvalue weighted by molar-refractivity contribution is 0.0268. The first kappa shape index (κ1) is 12.9. The zero-order valence-electron chi connectivity index (χ0n) is 11.7. The van der Waals surface area contributed by atoms with Crippen LogP contribution >= 0.6 is 0 Å². The number of nitrogens with two attached hydrogens (primary N) is 1. The van der Waals surface area contributed by atoms with Crippen molar-refractivity contribution in [2.45, 2.75) is 50.8 Å². The Kier molecular flexibility index (Phi) is 3.75. The van der Waals surface area contributed by atoms with Crippen molar-refractivity contribution in [3.8, 4) is 0 Å². The summed E-state index contributed by atoms with van der Waals surface area (Å²) in [4.78, 5) is 6.90. The first-order chi connectivity index (χ1) is 9.25. The number of anilines is 1. The number of ether oxygens (including phenoxy) is 1. The predicted octanol–water partition coefficient (Wildman–Crippen LogP) is 1.55. The molecule has 5 heteroatoms. The maximum absolute atomic E-state index is 5.96. The van der Waals surface area contributed by atoms with Crippen molar-refractivity contribution in [1.82, 2.24) is 9.55 Å². The van der Waals surface area contributed by atoms with Crippen LogP contribution in [0.3, 0.4) is 0 Å². The molecule has 1 aromatic rings. The van der Waals surface area contributed by atoms with E-state index in [1.807, 2.05) is 13.1 Å². The van der Waals surface area contributed by atoms with E-state index in [2.05, 4.69) is 20.6 Å². The van der Waals surface area contributed by atoms with Crippen LogP contribution < -0.4 is 10.6 Å². The number of morpholine rings is 1. The highest BCUT2D eigenvalue weighted by Gasteiger charge is 2.28. The first-order valence-corrected chi connectivity index (χ1v) is 7.40. The second-order valence-corrected chi connectivity index (χ2v) is 5.79. The highest BCUT2D eigenvalue weighted by molar-refractivity contribution is 5.33. The molecule has 0 radical (unpaired) electrons. The smallest absolute Gasteiger partial charge is 0.205 e. The summed E-state index contributed by atoms with van der Waals surface area (Å²) in [6.07, 6.45) is 9.41. The largest absolute Gasteiger partial charge is 0.373 e. The van der Waals surface area contributed by atoms with Crippen LogP contribution in [0.1, 0.15) is 38.6 Å². The average molecular weight is 264 g/mol. The minimum Gasteiger partial charge on any atom is -0.373 e. The molecule has 1 saturated carbocycles. The lowest BCUT2D eigenvalue weighted by atomic mass is 10.1. The molecule has 19 heavy (non-hydrogen) atoms. The second-order valence-electron chi connectivity index (χ2n) is 5.79. The molecule has 0 bridgehead atoms. The van der Waals surface area contributed by atoms with E-state index in [0.717, 1.165) is 25.6 Å². The van der Waals surface area contributed by atoms with Crippen LogP contribution in [0.15, 0.2) is 12.4 Å². The first-order valence-electron chi connectivity index (χ1n) is 7.40. The molecule has 0 aromatic carbocycles. The fourth-order valence-corrected chi connectivity index (χ4v) is 3.19. The summed E-state index contributed by atoms with van der Waals surface area (Å²) in [5.74, 6) is 1.10. The summed E-state index contributed by atoms with van der Waals surface area (Å²) < 4.78 is 8.09. The molecule has 106 valence electrons. The van der Waals surface area contributed by atoms with Crippen LogP contribution in [-0.2, 0) is 4.74 Å². The molecule has 2 N–H and O–H groups in total. The van der Waals surface area contributed by atoms with E-state index in [1.165, 1.54) is 25.7 Å². The van der Waals surface area contributed by atoms with E-state index < -0.39 is 0 Å². The van der Waals surface area contributed by atoms with Gasteiger partial charge in [-0.15, -0.1) is 0 Å². The fourth-order valence-electron chi connectivity index (χ4n) is 3.19. The fraction of sp³-hybridized carbons (Fsp3) is 0.786. The Balaban J connectivity index is 1.76. The number of hydrogen-bond acceptors (Lipinski definition) is 4. The van der Waals surface area contributed by atoms with Crippen molar-refractivity contribution in [1.29, 1.82) is 0 Å². The molecule has 2 heterocycles. The van der Waals surface area contributed by atoms with Gasteiger partial charge in [0.05, 0.1) is 12.7 Å². The molecule has 2 atom stereocenters. The molecule has 2 aliphatic rings. The van der Waals surface area contributed by atoms with Crippen LogP contribution in [0.5, 0.6) is 0 Å². The molecule has 1 aliphatic heterocycles. The Labute approximate surface area is 114 Å². The van der Waals surface area contributed by atoms with E-state index in [-0.39, 0.29) is 12.1 Å². The molecule has 1 aromatic heterocycles. The number of rotatable bonds is 3. The van der Waals surface area contributed by atoms with Gasteiger partial charge in [0, 0.05) is 37.6 Å². The lowest BCUT2D eigenvalue weighted by Crippen LogP contribution is -2.50. The maximum Gasteiger partial charge on any atom is 0.205 e. The van der Waals surface area contributed by atoms with Gasteiger partial charge in [-0.3, -0.25) is 0 Å². The Morgan fingerprint density at radius 2 is 2.21 bits per heavy atom. The standard InChI is InChI=1S/C14H24N4O/c1-11(15)13-10-17(8-9-19-13)14-16-6-7-18(14)12-4-2-3-5-12/h6-7,11-13H,2-5,8-10,15H2,1H3. The van der Waals surface area contributed by atoms with E-state index in [9.17, 15) is 0 Å². The molecule has 2 unspecified atom stereocenters. The Bertz CT molecular complexity index is 411. The van der Waals surface area contributed by atoms with E-state index in [4.69, 9.17) is 10.5 Å². The molecule has 0 spiro atoms. The highest BCUT2D eigenvalue weighted by atomic mass is 16.5.